The normalized spacial score (nSPS) is 12.2. The lowest BCUT2D eigenvalue weighted by atomic mass is 10.1. The Labute approximate surface area is 162 Å². The van der Waals surface area contributed by atoms with Crippen molar-refractivity contribution in [1.82, 2.24) is 5.32 Å². The van der Waals surface area contributed by atoms with E-state index < -0.39 is 0 Å². The number of hydrogen-bond acceptors (Lipinski definition) is 5. The molecule has 0 saturated carbocycles. The van der Waals surface area contributed by atoms with E-state index >= 15 is 0 Å². The molecule has 0 saturated heterocycles. The van der Waals surface area contributed by atoms with Gasteiger partial charge < -0.3 is 24.3 Å². The van der Waals surface area contributed by atoms with E-state index in [0.29, 0.717) is 13.2 Å². The van der Waals surface area contributed by atoms with Crippen molar-refractivity contribution >= 4 is 0 Å². The summed E-state index contributed by atoms with van der Waals surface area (Å²) in [6.07, 6.45) is -0.301. The van der Waals surface area contributed by atoms with E-state index in [-0.39, 0.29) is 12.3 Å². The highest BCUT2D eigenvalue weighted by Gasteiger charge is 2.13. The van der Waals surface area contributed by atoms with Gasteiger partial charge in [-0.3, -0.25) is 0 Å². The maximum Gasteiger partial charge on any atom is 0.183 e. The Morgan fingerprint density at radius 3 is 2.11 bits per heavy atom. The second kappa shape index (κ2) is 10.9. The van der Waals surface area contributed by atoms with Crippen LogP contribution < -0.4 is 14.8 Å². The van der Waals surface area contributed by atoms with Gasteiger partial charge in [-0.25, -0.2) is 0 Å². The third kappa shape index (κ3) is 5.96. The number of methoxy groups -OCH3 is 2. The third-order valence-corrected chi connectivity index (χ3v) is 4.41. The molecule has 27 heavy (non-hydrogen) atoms. The predicted molar refractivity (Wildman–Crippen MR) is 107 cm³/mol. The van der Waals surface area contributed by atoms with Gasteiger partial charge in [-0.05, 0) is 32.4 Å². The number of rotatable bonds is 11. The molecule has 2 rings (SSSR count). The number of benzene rings is 2. The van der Waals surface area contributed by atoms with Crippen LogP contribution in [0.2, 0.25) is 0 Å². The first-order valence-electron chi connectivity index (χ1n) is 9.40. The molecule has 1 unspecified atom stereocenters. The zero-order valence-electron chi connectivity index (χ0n) is 17.0. The Bertz CT molecular complexity index is 681. The Hall–Kier alpha value is -2.08. The Balaban J connectivity index is 2.00. The molecule has 0 aliphatic heterocycles. The van der Waals surface area contributed by atoms with Gasteiger partial charge in [0, 0.05) is 43.0 Å². The molecule has 0 radical (unpaired) electrons. The zero-order chi connectivity index (χ0) is 19.6. The van der Waals surface area contributed by atoms with Crippen LogP contribution >= 0.6 is 0 Å². The average Bonchev–Trinajstić information content (AvgIpc) is 2.71. The summed E-state index contributed by atoms with van der Waals surface area (Å²) in [5.74, 6) is 1.61. The summed E-state index contributed by atoms with van der Waals surface area (Å²) in [4.78, 5) is 0. The molecule has 2 aromatic rings. The fraction of sp³-hybridized carbons (Fsp3) is 0.455. The molecular weight excluding hydrogens is 342 g/mol. The molecule has 0 aliphatic carbocycles. The summed E-state index contributed by atoms with van der Waals surface area (Å²) in [6, 6.07) is 14.4. The van der Waals surface area contributed by atoms with Crippen LogP contribution in [0.3, 0.4) is 0 Å². The van der Waals surface area contributed by atoms with Crippen molar-refractivity contribution in [3.05, 3.63) is 59.2 Å². The lowest BCUT2D eigenvalue weighted by molar-refractivity contribution is -0.140. The van der Waals surface area contributed by atoms with Crippen molar-refractivity contribution in [2.75, 3.05) is 27.4 Å². The SMILES string of the molecule is CCOC(OCC)c1ccc(CNC(C)c2ccc(OC)cc2OC)cc1. The summed E-state index contributed by atoms with van der Waals surface area (Å²) in [5.41, 5.74) is 3.33. The number of nitrogens with one attached hydrogen (secondary N) is 1. The Morgan fingerprint density at radius 1 is 0.889 bits per heavy atom. The van der Waals surface area contributed by atoms with E-state index in [1.54, 1.807) is 14.2 Å². The van der Waals surface area contributed by atoms with Crippen molar-refractivity contribution in [2.24, 2.45) is 0 Å². The van der Waals surface area contributed by atoms with Gasteiger partial charge in [0.05, 0.1) is 14.2 Å². The fourth-order valence-corrected chi connectivity index (χ4v) is 2.89. The highest BCUT2D eigenvalue weighted by molar-refractivity contribution is 5.42. The first-order chi connectivity index (χ1) is 13.1. The first-order valence-corrected chi connectivity index (χ1v) is 9.40. The molecule has 0 bridgehead atoms. The quantitative estimate of drug-likeness (QED) is 0.582. The van der Waals surface area contributed by atoms with Crippen LogP contribution in [0.15, 0.2) is 42.5 Å². The van der Waals surface area contributed by atoms with E-state index in [1.165, 1.54) is 5.56 Å². The second-order valence-electron chi connectivity index (χ2n) is 6.19. The van der Waals surface area contributed by atoms with Gasteiger partial charge >= 0.3 is 0 Å². The number of ether oxygens (including phenoxy) is 4. The van der Waals surface area contributed by atoms with Crippen molar-refractivity contribution in [3.8, 4) is 11.5 Å². The molecule has 0 spiro atoms. The minimum Gasteiger partial charge on any atom is -0.497 e. The average molecular weight is 373 g/mol. The van der Waals surface area contributed by atoms with E-state index in [1.807, 2.05) is 32.0 Å². The maximum absolute atomic E-state index is 5.65. The van der Waals surface area contributed by atoms with Crippen LogP contribution in [0.1, 0.15) is 49.8 Å². The van der Waals surface area contributed by atoms with Gasteiger partial charge in [0.1, 0.15) is 11.5 Å². The van der Waals surface area contributed by atoms with E-state index in [9.17, 15) is 0 Å². The van der Waals surface area contributed by atoms with Gasteiger partial charge in [0.25, 0.3) is 0 Å². The van der Waals surface area contributed by atoms with Gasteiger partial charge in [-0.15, -0.1) is 0 Å². The van der Waals surface area contributed by atoms with Crippen molar-refractivity contribution < 1.29 is 18.9 Å². The summed E-state index contributed by atoms with van der Waals surface area (Å²) < 4.78 is 22.1. The van der Waals surface area contributed by atoms with Crippen molar-refractivity contribution in [3.63, 3.8) is 0 Å². The molecule has 5 heteroatoms. The summed E-state index contributed by atoms with van der Waals surface area (Å²) >= 11 is 0. The van der Waals surface area contributed by atoms with Crippen molar-refractivity contribution in [1.29, 1.82) is 0 Å². The Morgan fingerprint density at radius 2 is 1.56 bits per heavy atom. The minimum absolute atomic E-state index is 0.144. The highest BCUT2D eigenvalue weighted by atomic mass is 16.7. The van der Waals surface area contributed by atoms with Gasteiger partial charge in [-0.1, -0.05) is 30.3 Å². The molecule has 5 nitrogen and oxygen atoms in total. The molecule has 2 aromatic carbocycles. The molecule has 0 heterocycles. The Kier molecular flexibility index (Phi) is 8.58. The summed E-state index contributed by atoms with van der Waals surface area (Å²) in [7, 11) is 3.33. The molecule has 1 N–H and O–H groups in total. The van der Waals surface area contributed by atoms with Crippen molar-refractivity contribution in [2.45, 2.75) is 39.6 Å². The fourth-order valence-electron chi connectivity index (χ4n) is 2.89. The van der Waals surface area contributed by atoms with Crippen LogP contribution in [0, 0.1) is 0 Å². The monoisotopic (exact) mass is 373 g/mol. The van der Waals surface area contributed by atoms with Crippen LogP contribution in [-0.2, 0) is 16.0 Å². The van der Waals surface area contributed by atoms with E-state index in [0.717, 1.165) is 29.2 Å². The van der Waals surface area contributed by atoms with Gasteiger partial charge in [0.15, 0.2) is 6.29 Å². The smallest absolute Gasteiger partial charge is 0.183 e. The largest absolute Gasteiger partial charge is 0.497 e. The molecule has 148 valence electrons. The molecule has 0 fully saturated rings. The van der Waals surface area contributed by atoms with Gasteiger partial charge in [0.2, 0.25) is 0 Å². The maximum atomic E-state index is 5.65. The van der Waals surface area contributed by atoms with Crippen LogP contribution in [-0.4, -0.2) is 27.4 Å². The van der Waals surface area contributed by atoms with Gasteiger partial charge in [-0.2, -0.15) is 0 Å². The third-order valence-electron chi connectivity index (χ3n) is 4.41. The molecule has 1 atom stereocenters. The first kappa shape index (κ1) is 21.2. The van der Waals surface area contributed by atoms with E-state index in [4.69, 9.17) is 18.9 Å². The molecule has 0 aromatic heterocycles. The molecular formula is C22H31NO4. The predicted octanol–water partition coefficient (Wildman–Crippen LogP) is 4.63. The highest BCUT2D eigenvalue weighted by Crippen LogP contribution is 2.29. The second-order valence-corrected chi connectivity index (χ2v) is 6.19. The standard InChI is InChI=1S/C22H31NO4/c1-6-26-22(27-7-2)18-10-8-17(9-11-18)15-23-16(3)20-13-12-19(24-4)14-21(20)25-5/h8-14,16,22-23H,6-7,15H2,1-5H3. The van der Waals surface area contributed by atoms with Crippen LogP contribution in [0.4, 0.5) is 0 Å². The van der Waals surface area contributed by atoms with E-state index in [2.05, 4.69) is 36.5 Å². The summed E-state index contributed by atoms with van der Waals surface area (Å²) in [6.45, 7) is 8.06. The summed E-state index contributed by atoms with van der Waals surface area (Å²) in [5, 5.41) is 3.54. The molecule has 0 aliphatic rings. The number of hydrogen-bond donors (Lipinski definition) is 1. The lowest BCUT2D eigenvalue weighted by Gasteiger charge is -2.19. The lowest BCUT2D eigenvalue weighted by Crippen LogP contribution is -2.19. The van der Waals surface area contributed by atoms with Crippen LogP contribution in [0.25, 0.3) is 0 Å². The molecule has 0 amide bonds. The van der Waals surface area contributed by atoms with Crippen LogP contribution in [0.5, 0.6) is 11.5 Å². The minimum atomic E-state index is -0.301. The zero-order valence-corrected chi connectivity index (χ0v) is 17.0. The topological polar surface area (TPSA) is 49.0 Å².